The van der Waals surface area contributed by atoms with Crippen LogP contribution in [0, 0.1) is 0 Å². The van der Waals surface area contributed by atoms with Gasteiger partial charge < -0.3 is 15.5 Å². The van der Waals surface area contributed by atoms with Crippen molar-refractivity contribution in [3.05, 3.63) is 46.9 Å². The summed E-state index contributed by atoms with van der Waals surface area (Å²) in [6.45, 7) is 0.316. The van der Waals surface area contributed by atoms with Gasteiger partial charge in [0.2, 0.25) is 5.91 Å². The topological polar surface area (TPSA) is 44.4 Å². The third-order valence-electron chi connectivity index (χ3n) is 3.27. The van der Waals surface area contributed by atoms with Crippen LogP contribution >= 0.6 is 15.9 Å². The largest absolute Gasteiger partial charge is 0.388 e. The summed E-state index contributed by atoms with van der Waals surface area (Å²) in [5.41, 5.74) is 3.84. The molecular formula is C15H14BrN3O. The van der Waals surface area contributed by atoms with Gasteiger partial charge in [-0.25, -0.2) is 0 Å². The van der Waals surface area contributed by atoms with Crippen LogP contribution in [0.25, 0.3) is 0 Å². The Kier molecular flexibility index (Phi) is 3.36. The van der Waals surface area contributed by atoms with Gasteiger partial charge in [0, 0.05) is 22.9 Å². The van der Waals surface area contributed by atoms with E-state index in [1.165, 1.54) is 0 Å². The van der Waals surface area contributed by atoms with Crippen LogP contribution in [0.4, 0.5) is 22.7 Å². The molecule has 2 aromatic rings. The molecule has 0 unspecified atom stereocenters. The maximum atomic E-state index is 11.9. The number of rotatable bonds is 2. The average molecular weight is 332 g/mol. The van der Waals surface area contributed by atoms with Crippen molar-refractivity contribution in [1.82, 2.24) is 0 Å². The van der Waals surface area contributed by atoms with Gasteiger partial charge in [0.1, 0.15) is 6.54 Å². The van der Waals surface area contributed by atoms with Crippen LogP contribution in [-0.4, -0.2) is 19.5 Å². The number of carbonyl (C=O) groups excluding carboxylic acids is 1. The second-order valence-corrected chi connectivity index (χ2v) is 5.51. The van der Waals surface area contributed by atoms with E-state index in [9.17, 15) is 4.79 Å². The standard InChI is InChI=1S/C15H14BrN3O/c1-17-11-3-2-4-12(8-11)19-9-15(20)18-13-6-5-10(16)7-14(13)19/h2-8,17H,9H2,1H3,(H,18,20). The Morgan fingerprint density at radius 1 is 1.25 bits per heavy atom. The Morgan fingerprint density at radius 2 is 2.10 bits per heavy atom. The SMILES string of the molecule is CNc1cccc(N2CC(=O)Nc3ccc(Br)cc32)c1. The molecule has 0 saturated carbocycles. The molecule has 4 nitrogen and oxygen atoms in total. The highest BCUT2D eigenvalue weighted by Crippen LogP contribution is 2.37. The molecule has 1 aliphatic rings. The lowest BCUT2D eigenvalue weighted by Crippen LogP contribution is -2.35. The molecule has 1 amide bonds. The van der Waals surface area contributed by atoms with Crippen LogP contribution in [0.15, 0.2) is 46.9 Å². The van der Waals surface area contributed by atoms with E-state index in [0.717, 1.165) is 27.2 Å². The Balaban J connectivity index is 2.09. The number of nitrogens with zero attached hydrogens (tertiary/aromatic N) is 1. The van der Waals surface area contributed by atoms with Gasteiger partial charge in [-0.1, -0.05) is 22.0 Å². The first-order chi connectivity index (χ1) is 9.67. The van der Waals surface area contributed by atoms with E-state index >= 15 is 0 Å². The van der Waals surface area contributed by atoms with Gasteiger partial charge >= 0.3 is 0 Å². The average Bonchev–Trinajstić information content (AvgIpc) is 2.47. The van der Waals surface area contributed by atoms with Gasteiger partial charge in [-0.15, -0.1) is 0 Å². The Morgan fingerprint density at radius 3 is 2.90 bits per heavy atom. The number of anilines is 4. The number of carbonyl (C=O) groups is 1. The summed E-state index contributed by atoms with van der Waals surface area (Å²) >= 11 is 3.48. The van der Waals surface area contributed by atoms with E-state index in [4.69, 9.17) is 0 Å². The Hall–Kier alpha value is -2.01. The molecule has 0 aliphatic carbocycles. The Labute approximate surface area is 125 Å². The molecule has 102 valence electrons. The first-order valence-corrected chi connectivity index (χ1v) is 7.11. The molecule has 1 aliphatic heterocycles. The molecule has 20 heavy (non-hydrogen) atoms. The predicted molar refractivity (Wildman–Crippen MR) is 85.8 cm³/mol. The quantitative estimate of drug-likeness (QED) is 0.883. The lowest BCUT2D eigenvalue weighted by atomic mass is 10.1. The zero-order chi connectivity index (χ0) is 14.1. The number of hydrogen-bond acceptors (Lipinski definition) is 3. The summed E-state index contributed by atoms with van der Waals surface area (Å²) in [7, 11) is 1.88. The molecule has 1 heterocycles. The van der Waals surface area contributed by atoms with Crippen molar-refractivity contribution < 1.29 is 4.79 Å². The zero-order valence-corrected chi connectivity index (χ0v) is 12.6. The minimum atomic E-state index is -0.00492. The van der Waals surface area contributed by atoms with Crippen LogP contribution in [0.5, 0.6) is 0 Å². The van der Waals surface area contributed by atoms with Gasteiger partial charge in [-0.05, 0) is 36.4 Å². The maximum Gasteiger partial charge on any atom is 0.244 e. The highest BCUT2D eigenvalue weighted by Gasteiger charge is 2.23. The lowest BCUT2D eigenvalue weighted by Gasteiger charge is -2.31. The zero-order valence-electron chi connectivity index (χ0n) is 11.0. The fraction of sp³-hybridized carbons (Fsp3) is 0.133. The molecule has 5 heteroatoms. The highest BCUT2D eigenvalue weighted by atomic mass is 79.9. The van der Waals surface area contributed by atoms with Gasteiger partial charge in [0.05, 0.1) is 11.4 Å². The molecule has 3 rings (SSSR count). The van der Waals surface area contributed by atoms with Gasteiger partial charge in [0.15, 0.2) is 0 Å². The van der Waals surface area contributed by atoms with Crippen molar-refractivity contribution in [3.8, 4) is 0 Å². The highest BCUT2D eigenvalue weighted by molar-refractivity contribution is 9.10. The van der Waals surface area contributed by atoms with E-state index in [1.54, 1.807) is 0 Å². The van der Waals surface area contributed by atoms with E-state index in [-0.39, 0.29) is 5.91 Å². The second-order valence-electron chi connectivity index (χ2n) is 4.60. The van der Waals surface area contributed by atoms with E-state index in [2.05, 4.69) is 26.6 Å². The van der Waals surface area contributed by atoms with Crippen LogP contribution in [0.2, 0.25) is 0 Å². The molecule has 2 N–H and O–H groups in total. The number of benzene rings is 2. The summed E-state index contributed by atoms with van der Waals surface area (Å²) in [5, 5.41) is 6.01. The minimum absolute atomic E-state index is 0.00492. The van der Waals surface area contributed by atoms with Gasteiger partial charge in [-0.2, -0.15) is 0 Å². The number of nitrogens with one attached hydrogen (secondary N) is 2. The molecule has 0 bridgehead atoms. The molecule has 0 saturated heterocycles. The van der Waals surface area contributed by atoms with E-state index in [1.807, 2.05) is 54.4 Å². The summed E-state index contributed by atoms with van der Waals surface area (Å²) < 4.78 is 0.988. The first-order valence-electron chi connectivity index (χ1n) is 6.32. The fourth-order valence-electron chi connectivity index (χ4n) is 2.31. The summed E-state index contributed by atoms with van der Waals surface area (Å²) in [6, 6.07) is 13.9. The van der Waals surface area contributed by atoms with Crippen molar-refractivity contribution in [2.24, 2.45) is 0 Å². The smallest absolute Gasteiger partial charge is 0.244 e. The second kappa shape index (κ2) is 5.17. The van der Waals surface area contributed by atoms with Crippen LogP contribution < -0.4 is 15.5 Å². The first kappa shape index (κ1) is 13.0. The summed E-state index contributed by atoms with van der Waals surface area (Å²) in [4.78, 5) is 13.9. The lowest BCUT2D eigenvalue weighted by molar-refractivity contribution is -0.115. The number of halogens is 1. The third kappa shape index (κ3) is 2.36. The van der Waals surface area contributed by atoms with E-state index < -0.39 is 0 Å². The van der Waals surface area contributed by atoms with Crippen molar-refractivity contribution in [1.29, 1.82) is 0 Å². The van der Waals surface area contributed by atoms with Gasteiger partial charge in [0.25, 0.3) is 0 Å². The van der Waals surface area contributed by atoms with Gasteiger partial charge in [-0.3, -0.25) is 4.79 Å². The maximum absolute atomic E-state index is 11.9. The summed E-state index contributed by atoms with van der Waals surface area (Å²) in [6.07, 6.45) is 0. The van der Waals surface area contributed by atoms with Crippen molar-refractivity contribution >= 4 is 44.6 Å². The molecule has 0 fully saturated rings. The normalized spacial score (nSPS) is 13.7. The molecular weight excluding hydrogens is 318 g/mol. The molecule has 0 radical (unpaired) electrons. The number of amides is 1. The van der Waals surface area contributed by atoms with Crippen molar-refractivity contribution in [2.45, 2.75) is 0 Å². The Bertz CT molecular complexity index is 672. The van der Waals surface area contributed by atoms with Crippen LogP contribution in [0.3, 0.4) is 0 Å². The number of fused-ring (bicyclic) bond motifs is 1. The molecule has 0 aromatic heterocycles. The minimum Gasteiger partial charge on any atom is -0.388 e. The van der Waals surface area contributed by atoms with Crippen LogP contribution in [0.1, 0.15) is 0 Å². The van der Waals surface area contributed by atoms with E-state index in [0.29, 0.717) is 6.54 Å². The number of hydrogen-bond donors (Lipinski definition) is 2. The van der Waals surface area contributed by atoms with Crippen molar-refractivity contribution in [3.63, 3.8) is 0 Å². The van der Waals surface area contributed by atoms with Crippen molar-refractivity contribution in [2.75, 3.05) is 29.1 Å². The molecule has 0 atom stereocenters. The third-order valence-corrected chi connectivity index (χ3v) is 3.77. The molecule has 0 spiro atoms. The monoisotopic (exact) mass is 331 g/mol. The fourth-order valence-corrected chi connectivity index (χ4v) is 2.66. The summed E-state index contributed by atoms with van der Waals surface area (Å²) in [5.74, 6) is -0.00492. The van der Waals surface area contributed by atoms with Crippen LogP contribution in [-0.2, 0) is 4.79 Å². The predicted octanol–water partition coefficient (Wildman–Crippen LogP) is 3.58. The molecule has 2 aromatic carbocycles.